The van der Waals surface area contributed by atoms with E-state index in [0.29, 0.717) is 12.3 Å². The van der Waals surface area contributed by atoms with Crippen molar-refractivity contribution in [1.29, 1.82) is 0 Å². The first kappa shape index (κ1) is 10.2. The molecule has 0 amide bonds. The van der Waals surface area contributed by atoms with Crippen molar-refractivity contribution >= 4 is 16.9 Å². The van der Waals surface area contributed by atoms with Crippen molar-refractivity contribution in [2.75, 3.05) is 6.61 Å². The van der Waals surface area contributed by atoms with Gasteiger partial charge in [0.1, 0.15) is 5.69 Å². The van der Waals surface area contributed by atoms with Gasteiger partial charge in [-0.05, 0) is 25.0 Å². The number of carbonyl (C=O) groups is 1. The van der Waals surface area contributed by atoms with E-state index in [2.05, 4.69) is 22.0 Å². The normalized spacial score (nSPS) is 9.56. The summed E-state index contributed by atoms with van der Waals surface area (Å²) in [6.45, 7) is 2.07. The molecule has 1 heterocycles. The lowest BCUT2D eigenvalue weighted by Gasteiger charge is -1.90. The fourth-order valence-corrected chi connectivity index (χ4v) is 1.33. The van der Waals surface area contributed by atoms with Crippen molar-refractivity contribution in [3.8, 4) is 11.8 Å². The standard InChI is InChI=1S/C12H10N2O2/c1-2-16-12(15)8-7-11-9-5-3-4-6-10(9)13-14-11/h3-6H,2H2,1H3,(H,13,14). The van der Waals surface area contributed by atoms with Crippen LogP contribution in [0.3, 0.4) is 0 Å². The van der Waals surface area contributed by atoms with Crippen molar-refractivity contribution in [3.05, 3.63) is 30.0 Å². The van der Waals surface area contributed by atoms with Gasteiger partial charge in [0.05, 0.1) is 12.1 Å². The monoisotopic (exact) mass is 214 g/mol. The molecule has 1 N–H and O–H groups in total. The van der Waals surface area contributed by atoms with Crippen LogP contribution in [-0.2, 0) is 9.53 Å². The van der Waals surface area contributed by atoms with Crippen LogP contribution in [0.5, 0.6) is 0 Å². The molecular formula is C12H10N2O2. The first-order valence-corrected chi connectivity index (χ1v) is 4.93. The number of aromatic amines is 1. The van der Waals surface area contributed by atoms with E-state index >= 15 is 0 Å². The molecule has 0 aliphatic carbocycles. The number of rotatable bonds is 1. The third kappa shape index (κ3) is 2.04. The summed E-state index contributed by atoms with van der Waals surface area (Å²) in [6.07, 6.45) is 0. The molecule has 4 nitrogen and oxygen atoms in total. The van der Waals surface area contributed by atoms with Crippen LogP contribution in [0.25, 0.3) is 10.9 Å². The number of benzene rings is 1. The summed E-state index contributed by atoms with van der Waals surface area (Å²) in [5.74, 6) is 4.58. The number of fused-ring (bicyclic) bond motifs is 1. The van der Waals surface area contributed by atoms with Gasteiger partial charge in [0.2, 0.25) is 0 Å². The van der Waals surface area contributed by atoms with Crippen molar-refractivity contribution in [2.24, 2.45) is 0 Å². The topological polar surface area (TPSA) is 55.0 Å². The van der Waals surface area contributed by atoms with Crippen LogP contribution in [-0.4, -0.2) is 22.8 Å². The average Bonchev–Trinajstić information content (AvgIpc) is 2.70. The van der Waals surface area contributed by atoms with E-state index in [-0.39, 0.29) is 0 Å². The minimum absolute atomic E-state index is 0.331. The molecule has 0 bridgehead atoms. The molecule has 0 saturated heterocycles. The molecule has 0 saturated carbocycles. The van der Waals surface area contributed by atoms with E-state index in [1.807, 2.05) is 24.3 Å². The Morgan fingerprint density at radius 2 is 2.31 bits per heavy atom. The lowest BCUT2D eigenvalue weighted by atomic mass is 10.2. The Bertz CT molecular complexity index is 575. The number of hydrogen-bond acceptors (Lipinski definition) is 3. The number of ether oxygens (including phenoxy) is 1. The maximum Gasteiger partial charge on any atom is 0.384 e. The zero-order chi connectivity index (χ0) is 11.4. The number of nitrogens with zero attached hydrogens (tertiary/aromatic N) is 1. The second-order valence-electron chi connectivity index (χ2n) is 3.09. The highest BCUT2D eigenvalue weighted by molar-refractivity contribution is 5.91. The fourth-order valence-electron chi connectivity index (χ4n) is 1.33. The smallest absolute Gasteiger partial charge is 0.384 e. The van der Waals surface area contributed by atoms with Crippen LogP contribution < -0.4 is 0 Å². The fraction of sp³-hybridized carbons (Fsp3) is 0.167. The SMILES string of the molecule is CCOC(=O)C#Cc1[nH]nc2ccccc12. The number of H-pyrrole nitrogens is 1. The van der Waals surface area contributed by atoms with Gasteiger partial charge in [-0.1, -0.05) is 12.1 Å². The summed E-state index contributed by atoms with van der Waals surface area (Å²) in [5.41, 5.74) is 1.46. The summed E-state index contributed by atoms with van der Waals surface area (Å²) in [5, 5.41) is 7.74. The summed E-state index contributed by atoms with van der Waals surface area (Å²) in [6, 6.07) is 7.56. The first-order chi connectivity index (χ1) is 7.81. The minimum atomic E-state index is -0.527. The summed E-state index contributed by atoms with van der Waals surface area (Å²) < 4.78 is 4.71. The maximum absolute atomic E-state index is 11.0. The van der Waals surface area contributed by atoms with Gasteiger partial charge in [-0.3, -0.25) is 5.10 Å². The average molecular weight is 214 g/mol. The molecule has 0 spiro atoms. The molecule has 0 unspecified atom stereocenters. The highest BCUT2D eigenvalue weighted by atomic mass is 16.5. The molecule has 0 fully saturated rings. The highest BCUT2D eigenvalue weighted by Crippen LogP contribution is 2.13. The number of para-hydroxylation sites is 1. The van der Waals surface area contributed by atoms with E-state index in [1.54, 1.807) is 6.92 Å². The van der Waals surface area contributed by atoms with E-state index in [1.165, 1.54) is 0 Å². The molecule has 1 aromatic carbocycles. The lowest BCUT2D eigenvalue weighted by molar-refractivity contribution is -0.136. The largest absolute Gasteiger partial charge is 0.456 e. The van der Waals surface area contributed by atoms with E-state index in [4.69, 9.17) is 4.74 Å². The molecule has 80 valence electrons. The Hall–Kier alpha value is -2.28. The van der Waals surface area contributed by atoms with Crippen molar-refractivity contribution in [3.63, 3.8) is 0 Å². The summed E-state index contributed by atoms with van der Waals surface area (Å²) in [4.78, 5) is 11.0. The van der Waals surface area contributed by atoms with Gasteiger partial charge in [0, 0.05) is 11.3 Å². The van der Waals surface area contributed by atoms with Crippen LogP contribution >= 0.6 is 0 Å². The van der Waals surface area contributed by atoms with Crippen LogP contribution in [0.4, 0.5) is 0 Å². The molecule has 4 heteroatoms. The van der Waals surface area contributed by atoms with Crippen LogP contribution in [0.2, 0.25) is 0 Å². The number of aromatic nitrogens is 2. The summed E-state index contributed by atoms with van der Waals surface area (Å²) in [7, 11) is 0. The molecule has 0 aliphatic rings. The van der Waals surface area contributed by atoms with Gasteiger partial charge < -0.3 is 4.74 Å². The number of nitrogens with one attached hydrogen (secondary N) is 1. The van der Waals surface area contributed by atoms with Crippen LogP contribution in [0.1, 0.15) is 12.6 Å². The third-order valence-corrected chi connectivity index (χ3v) is 2.03. The summed E-state index contributed by atoms with van der Waals surface area (Å²) >= 11 is 0. The van der Waals surface area contributed by atoms with Gasteiger partial charge in [-0.2, -0.15) is 5.10 Å². The second kappa shape index (κ2) is 4.49. The minimum Gasteiger partial charge on any atom is -0.456 e. The Morgan fingerprint density at radius 1 is 1.50 bits per heavy atom. The predicted molar refractivity (Wildman–Crippen MR) is 59.6 cm³/mol. The molecule has 16 heavy (non-hydrogen) atoms. The second-order valence-corrected chi connectivity index (χ2v) is 3.09. The van der Waals surface area contributed by atoms with Crippen molar-refractivity contribution < 1.29 is 9.53 Å². The number of hydrogen-bond donors (Lipinski definition) is 1. The Morgan fingerprint density at radius 3 is 3.12 bits per heavy atom. The van der Waals surface area contributed by atoms with Crippen LogP contribution in [0.15, 0.2) is 24.3 Å². The quantitative estimate of drug-likeness (QED) is 0.577. The van der Waals surface area contributed by atoms with Gasteiger partial charge in [0.25, 0.3) is 0 Å². The molecule has 2 aromatic rings. The van der Waals surface area contributed by atoms with Gasteiger partial charge in [-0.25, -0.2) is 4.79 Å². The Balaban J connectivity index is 2.31. The van der Waals surface area contributed by atoms with Gasteiger partial charge in [-0.15, -0.1) is 0 Å². The molecule has 1 aromatic heterocycles. The third-order valence-electron chi connectivity index (χ3n) is 2.03. The molecule has 0 atom stereocenters. The lowest BCUT2D eigenvalue weighted by Crippen LogP contribution is -1.99. The van der Waals surface area contributed by atoms with Gasteiger partial charge >= 0.3 is 5.97 Å². The van der Waals surface area contributed by atoms with E-state index in [0.717, 1.165) is 10.9 Å². The molecule has 0 aliphatic heterocycles. The predicted octanol–water partition coefficient (Wildman–Crippen LogP) is 1.48. The van der Waals surface area contributed by atoms with Crippen molar-refractivity contribution in [2.45, 2.75) is 6.92 Å². The number of esters is 1. The molecule has 0 radical (unpaired) electrons. The first-order valence-electron chi connectivity index (χ1n) is 4.93. The highest BCUT2D eigenvalue weighted by Gasteiger charge is 2.01. The van der Waals surface area contributed by atoms with Crippen molar-refractivity contribution in [1.82, 2.24) is 10.2 Å². The van der Waals surface area contributed by atoms with E-state index < -0.39 is 5.97 Å². The van der Waals surface area contributed by atoms with Crippen LogP contribution in [0, 0.1) is 11.8 Å². The maximum atomic E-state index is 11.0. The zero-order valence-corrected chi connectivity index (χ0v) is 8.78. The van der Waals surface area contributed by atoms with Gasteiger partial charge in [0.15, 0.2) is 0 Å². The molecule has 2 rings (SSSR count). The molecular weight excluding hydrogens is 204 g/mol. The van der Waals surface area contributed by atoms with E-state index in [9.17, 15) is 4.79 Å². The Kier molecular flexibility index (Phi) is 2.88. The zero-order valence-electron chi connectivity index (χ0n) is 8.78. The Labute approximate surface area is 92.6 Å². The number of carbonyl (C=O) groups excluding carboxylic acids is 1.